The maximum absolute atomic E-state index is 12.0. The number of hydrogen-bond donors (Lipinski definition) is 2. The predicted octanol–water partition coefficient (Wildman–Crippen LogP) is 2.88. The summed E-state index contributed by atoms with van der Waals surface area (Å²) in [5.74, 6) is -0.0496. The molecule has 0 saturated heterocycles. The van der Waals surface area contributed by atoms with Gasteiger partial charge in [-0.25, -0.2) is 4.98 Å². The Balaban J connectivity index is 2.19. The topological polar surface area (TPSA) is 68.0 Å². The molecule has 0 saturated carbocycles. The summed E-state index contributed by atoms with van der Waals surface area (Å²) in [6, 6.07) is 10.5. The normalized spacial score (nSPS) is 10.1. The number of aromatic nitrogens is 1. The van der Waals surface area contributed by atoms with Crippen LogP contribution in [0.25, 0.3) is 0 Å². The number of anilines is 2. The Bertz CT molecular complexity index is 561. The number of aryl methyl sites for hydroxylation is 1. The van der Waals surface area contributed by atoms with Crippen LogP contribution in [0.2, 0.25) is 5.15 Å². The molecule has 1 aromatic heterocycles. The molecule has 0 atom stereocenters. The first-order chi connectivity index (χ1) is 8.54. The second kappa shape index (κ2) is 5.06. The van der Waals surface area contributed by atoms with Crippen LogP contribution >= 0.6 is 11.6 Å². The number of benzene rings is 1. The van der Waals surface area contributed by atoms with Gasteiger partial charge >= 0.3 is 0 Å². The van der Waals surface area contributed by atoms with Gasteiger partial charge in [-0.05, 0) is 31.2 Å². The van der Waals surface area contributed by atoms with Crippen LogP contribution < -0.4 is 11.1 Å². The molecule has 1 aromatic carbocycles. The minimum Gasteiger partial charge on any atom is -0.384 e. The number of nitrogens with one attached hydrogen (secondary N) is 1. The minimum atomic E-state index is -0.269. The van der Waals surface area contributed by atoms with Crippen molar-refractivity contribution in [3.63, 3.8) is 0 Å². The van der Waals surface area contributed by atoms with Crippen molar-refractivity contribution in [3.05, 3.63) is 52.7 Å². The van der Waals surface area contributed by atoms with Gasteiger partial charge in [-0.3, -0.25) is 4.79 Å². The molecular formula is C13H12ClN3O. The lowest BCUT2D eigenvalue weighted by molar-refractivity contribution is 0.102. The zero-order valence-electron chi connectivity index (χ0n) is 9.77. The van der Waals surface area contributed by atoms with Crippen molar-refractivity contribution in [3.8, 4) is 0 Å². The lowest BCUT2D eigenvalue weighted by Crippen LogP contribution is -2.12. The zero-order chi connectivity index (χ0) is 13.1. The van der Waals surface area contributed by atoms with E-state index in [1.54, 1.807) is 0 Å². The summed E-state index contributed by atoms with van der Waals surface area (Å²) >= 11 is 5.75. The summed E-state index contributed by atoms with van der Waals surface area (Å²) < 4.78 is 0. The van der Waals surface area contributed by atoms with E-state index in [1.807, 2.05) is 31.2 Å². The summed E-state index contributed by atoms with van der Waals surface area (Å²) in [5, 5.41) is 2.96. The number of nitrogen functional groups attached to an aromatic ring is 1. The van der Waals surface area contributed by atoms with Crippen LogP contribution in [0, 0.1) is 6.92 Å². The number of rotatable bonds is 2. The lowest BCUT2D eigenvalue weighted by Gasteiger charge is -2.06. The maximum Gasteiger partial charge on any atom is 0.255 e. The fraction of sp³-hybridized carbons (Fsp3) is 0.0769. The van der Waals surface area contributed by atoms with E-state index in [4.69, 9.17) is 17.3 Å². The average molecular weight is 262 g/mol. The molecule has 1 heterocycles. The van der Waals surface area contributed by atoms with Crippen LogP contribution in [-0.2, 0) is 0 Å². The molecule has 4 nitrogen and oxygen atoms in total. The van der Waals surface area contributed by atoms with Crippen molar-refractivity contribution in [2.24, 2.45) is 0 Å². The van der Waals surface area contributed by atoms with Gasteiger partial charge in [0.1, 0.15) is 11.0 Å². The van der Waals surface area contributed by atoms with Crippen LogP contribution in [0.5, 0.6) is 0 Å². The quantitative estimate of drug-likeness (QED) is 0.817. The number of halogens is 1. The van der Waals surface area contributed by atoms with E-state index in [2.05, 4.69) is 10.3 Å². The van der Waals surface area contributed by atoms with E-state index in [1.165, 1.54) is 12.1 Å². The molecule has 0 spiro atoms. The highest BCUT2D eigenvalue weighted by Gasteiger charge is 2.08. The van der Waals surface area contributed by atoms with Gasteiger partial charge in [0, 0.05) is 11.3 Å². The summed E-state index contributed by atoms with van der Waals surface area (Å²) in [4.78, 5) is 15.7. The number of carbonyl (C=O) groups is 1. The summed E-state index contributed by atoms with van der Waals surface area (Å²) in [5.41, 5.74) is 7.77. The second-order valence-corrected chi connectivity index (χ2v) is 4.31. The highest BCUT2D eigenvalue weighted by atomic mass is 35.5. The predicted molar refractivity (Wildman–Crippen MR) is 72.8 cm³/mol. The van der Waals surface area contributed by atoms with Gasteiger partial charge in [-0.1, -0.05) is 29.3 Å². The molecule has 0 aliphatic rings. The van der Waals surface area contributed by atoms with Crippen LogP contribution in [0.15, 0.2) is 36.4 Å². The number of hydrogen-bond acceptors (Lipinski definition) is 3. The third-order valence-electron chi connectivity index (χ3n) is 2.39. The Kier molecular flexibility index (Phi) is 3.48. The molecule has 2 rings (SSSR count). The standard InChI is InChI=1S/C13H12ClN3O/c1-8-2-4-10(5-3-8)16-13(18)9-6-11(14)17-12(15)7-9/h2-7H,1H3,(H2,15,17)(H,16,18). The number of carbonyl (C=O) groups excluding carboxylic acids is 1. The highest BCUT2D eigenvalue weighted by Crippen LogP contribution is 2.15. The number of nitrogens with zero attached hydrogens (tertiary/aromatic N) is 1. The van der Waals surface area contributed by atoms with Crippen molar-refractivity contribution in [2.75, 3.05) is 11.1 Å². The smallest absolute Gasteiger partial charge is 0.255 e. The first-order valence-corrected chi connectivity index (χ1v) is 5.73. The monoisotopic (exact) mass is 261 g/mol. The average Bonchev–Trinajstić information content (AvgIpc) is 2.31. The summed E-state index contributed by atoms with van der Waals surface area (Å²) in [6.07, 6.45) is 0. The molecule has 1 amide bonds. The first-order valence-electron chi connectivity index (χ1n) is 5.36. The third-order valence-corrected chi connectivity index (χ3v) is 2.58. The van der Waals surface area contributed by atoms with Crippen LogP contribution in [0.4, 0.5) is 11.5 Å². The molecular weight excluding hydrogens is 250 g/mol. The molecule has 5 heteroatoms. The molecule has 18 heavy (non-hydrogen) atoms. The summed E-state index contributed by atoms with van der Waals surface area (Å²) in [6.45, 7) is 1.98. The minimum absolute atomic E-state index is 0.198. The van der Waals surface area contributed by atoms with Gasteiger partial charge < -0.3 is 11.1 Å². The Morgan fingerprint density at radius 3 is 2.56 bits per heavy atom. The van der Waals surface area contributed by atoms with E-state index in [0.29, 0.717) is 5.56 Å². The van der Waals surface area contributed by atoms with Crippen molar-refractivity contribution in [1.82, 2.24) is 4.98 Å². The molecule has 3 N–H and O–H groups in total. The van der Waals surface area contributed by atoms with E-state index in [9.17, 15) is 4.79 Å². The molecule has 0 aliphatic heterocycles. The number of amides is 1. The highest BCUT2D eigenvalue weighted by molar-refractivity contribution is 6.30. The zero-order valence-corrected chi connectivity index (χ0v) is 10.5. The van der Waals surface area contributed by atoms with Gasteiger partial charge in [-0.15, -0.1) is 0 Å². The van der Waals surface area contributed by atoms with E-state index >= 15 is 0 Å². The first kappa shape index (κ1) is 12.4. The molecule has 0 radical (unpaired) electrons. The number of pyridine rings is 1. The molecule has 0 unspecified atom stereocenters. The maximum atomic E-state index is 12.0. The Morgan fingerprint density at radius 2 is 1.94 bits per heavy atom. The molecule has 0 fully saturated rings. The number of nitrogens with two attached hydrogens (primary N) is 1. The third kappa shape index (κ3) is 2.99. The second-order valence-electron chi connectivity index (χ2n) is 3.92. The Morgan fingerprint density at radius 1 is 1.28 bits per heavy atom. The van der Waals surface area contributed by atoms with Crippen molar-refractivity contribution in [1.29, 1.82) is 0 Å². The van der Waals surface area contributed by atoms with Gasteiger partial charge in [0.15, 0.2) is 0 Å². The van der Waals surface area contributed by atoms with Crippen molar-refractivity contribution in [2.45, 2.75) is 6.92 Å². The Labute approximate surface area is 110 Å². The molecule has 0 aliphatic carbocycles. The van der Waals surface area contributed by atoms with Gasteiger partial charge in [0.25, 0.3) is 5.91 Å². The molecule has 92 valence electrons. The van der Waals surface area contributed by atoms with Gasteiger partial charge in [0.2, 0.25) is 0 Å². The molecule has 0 bridgehead atoms. The van der Waals surface area contributed by atoms with Crippen LogP contribution in [-0.4, -0.2) is 10.9 Å². The Hall–Kier alpha value is -2.07. The van der Waals surface area contributed by atoms with Crippen molar-refractivity contribution >= 4 is 29.0 Å². The van der Waals surface area contributed by atoms with Crippen molar-refractivity contribution < 1.29 is 4.79 Å². The van der Waals surface area contributed by atoms with E-state index in [-0.39, 0.29) is 16.9 Å². The molecule has 2 aromatic rings. The fourth-order valence-corrected chi connectivity index (χ4v) is 1.70. The van der Waals surface area contributed by atoms with Crippen LogP contribution in [0.3, 0.4) is 0 Å². The van der Waals surface area contributed by atoms with E-state index in [0.717, 1.165) is 11.3 Å². The largest absolute Gasteiger partial charge is 0.384 e. The van der Waals surface area contributed by atoms with Gasteiger partial charge in [0.05, 0.1) is 0 Å². The van der Waals surface area contributed by atoms with Crippen LogP contribution in [0.1, 0.15) is 15.9 Å². The summed E-state index contributed by atoms with van der Waals surface area (Å²) in [7, 11) is 0. The van der Waals surface area contributed by atoms with Gasteiger partial charge in [-0.2, -0.15) is 0 Å². The fourth-order valence-electron chi connectivity index (χ4n) is 1.49. The van der Waals surface area contributed by atoms with E-state index < -0.39 is 0 Å². The SMILES string of the molecule is Cc1ccc(NC(=O)c2cc(N)nc(Cl)c2)cc1. The lowest BCUT2D eigenvalue weighted by atomic mass is 10.2.